The Balaban J connectivity index is 0.000000393. The Morgan fingerprint density at radius 3 is 1.95 bits per heavy atom. The van der Waals surface area contributed by atoms with Crippen molar-refractivity contribution in [3.8, 4) is 11.1 Å². The molecule has 0 aromatic heterocycles. The van der Waals surface area contributed by atoms with Crippen molar-refractivity contribution >= 4 is 10.8 Å². The molecule has 4 rings (SSSR count). The predicted molar refractivity (Wildman–Crippen MR) is 196 cm³/mol. The lowest BCUT2D eigenvalue weighted by Gasteiger charge is -2.37. The molecule has 0 saturated carbocycles. The van der Waals surface area contributed by atoms with Crippen LogP contribution in [0.25, 0.3) is 21.9 Å². The first-order valence-corrected chi connectivity index (χ1v) is 15.3. The van der Waals surface area contributed by atoms with E-state index in [4.69, 9.17) is 0 Å². The first-order chi connectivity index (χ1) is 20.8. The number of hydrogen-bond acceptors (Lipinski definition) is 1. The fraction of sp³-hybridized carbons (Fsp3) is 0.238. The van der Waals surface area contributed by atoms with Crippen molar-refractivity contribution in [2.24, 2.45) is 11.7 Å². The van der Waals surface area contributed by atoms with Crippen molar-refractivity contribution < 1.29 is 0 Å². The summed E-state index contributed by atoms with van der Waals surface area (Å²) >= 11 is 0. The Labute approximate surface area is 262 Å². The average Bonchev–Trinajstić information content (AvgIpc) is 3.07. The third-order valence-corrected chi connectivity index (χ3v) is 7.56. The highest BCUT2D eigenvalue weighted by Crippen LogP contribution is 2.41. The van der Waals surface area contributed by atoms with E-state index in [1.807, 2.05) is 39.0 Å². The summed E-state index contributed by atoms with van der Waals surface area (Å²) in [6, 6.07) is 34.4. The summed E-state index contributed by atoms with van der Waals surface area (Å²) in [5.74, 6) is 0.322. The van der Waals surface area contributed by atoms with E-state index in [9.17, 15) is 0 Å². The van der Waals surface area contributed by atoms with Crippen molar-refractivity contribution in [1.82, 2.24) is 0 Å². The lowest BCUT2D eigenvalue weighted by Crippen LogP contribution is -2.31. The smallest absolute Gasteiger partial charge is 0.0234 e. The average molecular weight is 572 g/mol. The molecule has 0 fully saturated rings. The fourth-order valence-corrected chi connectivity index (χ4v) is 4.97. The maximum atomic E-state index is 4.50. The van der Waals surface area contributed by atoms with Gasteiger partial charge in [0.05, 0.1) is 0 Å². The summed E-state index contributed by atoms with van der Waals surface area (Å²) in [5.41, 5.74) is 12.0. The van der Waals surface area contributed by atoms with Gasteiger partial charge in [-0.25, -0.2) is 0 Å². The number of rotatable bonds is 8. The maximum Gasteiger partial charge on any atom is 0.0234 e. The molecule has 1 heteroatoms. The summed E-state index contributed by atoms with van der Waals surface area (Å²) in [6.07, 6.45) is 12.5. The van der Waals surface area contributed by atoms with Gasteiger partial charge in [-0.1, -0.05) is 186 Å². The standard InChI is InChI=1S/C22H28.C17H14.C2H6.CH5N/c1-7-10-14-20(9-3)22(6,19(5)17-18(4)8-2)21-15-12-11-13-16-21;1-13-9-11-15(12-10-13)17-8-4-6-14-5-2-3-7-16(14)17;2*1-2/h7-17,19H,2-3H2,1,4-6H3;2-12H,1H3;1-2H3;2H2,1H3/b10-7-,18-17+,20-14+;;;. The third-order valence-electron chi connectivity index (χ3n) is 7.56. The minimum atomic E-state index is -0.132. The molecule has 4 aromatic rings. The highest BCUT2D eigenvalue weighted by atomic mass is 14.4. The number of allylic oxidation sites excluding steroid dienone is 8. The molecular weight excluding hydrogens is 518 g/mol. The highest BCUT2D eigenvalue weighted by molar-refractivity contribution is 5.96. The van der Waals surface area contributed by atoms with E-state index in [1.54, 1.807) is 0 Å². The number of aryl methyl sites for hydroxylation is 1. The molecule has 0 aliphatic rings. The Kier molecular flexibility index (Phi) is 17.0. The Morgan fingerprint density at radius 2 is 1.37 bits per heavy atom. The van der Waals surface area contributed by atoms with Gasteiger partial charge in [0.1, 0.15) is 0 Å². The highest BCUT2D eigenvalue weighted by Gasteiger charge is 2.34. The van der Waals surface area contributed by atoms with E-state index < -0.39 is 0 Å². The number of fused-ring (bicyclic) bond motifs is 1. The van der Waals surface area contributed by atoms with Gasteiger partial charge < -0.3 is 5.73 Å². The Bertz CT molecular complexity index is 1460. The molecule has 226 valence electrons. The molecule has 0 spiro atoms. The molecule has 0 amide bonds. The van der Waals surface area contributed by atoms with Gasteiger partial charge in [0.15, 0.2) is 0 Å². The SMILES string of the molecule is C=C/C(C)=C/C(C)C(C)(/C(C=C)=C/C=C\C)c1ccccc1.CC.CN.Cc1ccc(-c2cccc3ccccc23)cc1. The fourth-order valence-electron chi connectivity index (χ4n) is 4.97. The van der Waals surface area contributed by atoms with E-state index in [2.05, 4.69) is 162 Å². The zero-order chi connectivity index (χ0) is 32.3. The van der Waals surface area contributed by atoms with Gasteiger partial charge >= 0.3 is 0 Å². The first kappa shape index (κ1) is 36.8. The number of hydrogen-bond donors (Lipinski definition) is 1. The zero-order valence-electron chi connectivity index (χ0n) is 27.8. The van der Waals surface area contributed by atoms with Gasteiger partial charge in [-0.15, -0.1) is 0 Å². The summed E-state index contributed by atoms with van der Waals surface area (Å²) in [7, 11) is 1.50. The minimum absolute atomic E-state index is 0.132. The molecule has 2 atom stereocenters. The molecule has 0 saturated heterocycles. The minimum Gasteiger partial charge on any atom is -0.333 e. The second-order valence-electron chi connectivity index (χ2n) is 10.2. The normalized spacial score (nSPS) is 13.2. The van der Waals surface area contributed by atoms with Crippen molar-refractivity contribution in [3.63, 3.8) is 0 Å². The topological polar surface area (TPSA) is 26.0 Å². The summed E-state index contributed by atoms with van der Waals surface area (Å²) in [4.78, 5) is 0. The number of benzene rings is 4. The van der Waals surface area contributed by atoms with Crippen molar-refractivity contribution in [2.45, 2.75) is 53.9 Å². The molecule has 0 aliphatic heterocycles. The van der Waals surface area contributed by atoms with Crippen LogP contribution in [-0.2, 0) is 5.41 Å². The molecule has 0 bridgehead atoms. The lowest BCUT2D eigenvalue weighted by atomic mass is 9.66. The largest absolute Gasteiger partial charge is 0.333 e. The van der Waals surface area contributed by atoms with Gasteiger partial charge in [-0.05, 0) is 66.8 Å². The summed E-state index contributed by atoms with van der Waals surface area (Å²) in [6.45, 7) is 22.7. The molecule has 0 heterocycles. The Hall–Kier alpha value is -4.20. The van der Waals surface area contributed by atoms with Gasteiger partial charge in [-0.3, -0.25) is 0 Å². The van der Waals surface area contributed by atoms with Crippen LogP contribution in [0.3, 0.4) is 0 Å². The van der Waals surface area contributed by atoms with Crippen LogP contribution in [0.15, 0.2) is 158 Å². The van der Waals surface area contributed by atoms with Crippen LogP contribution in [-0.4, -0.2) is 7.05 Å². The van der Waals surface area contributed by atoms with E-state index in [0.29, 0.717) is 5.92 Å². The maximum absolute atomic E-state index is 4.50. The molecule has 0 aliphatic carbocycles. The van der Waals surface area contributed by atoms with Crippen LogP contribution in [0.4, 0.5) is 0 Å². The molecule has 4 aromatic carbocycles. The molecule has 2 unspecified atom stereocenters. The van der Waals surface area contributed by atoms with E-state index in [0.717, 1.165) is 0 Å². The second-order valence-corrected chi connectivity index (χ2v) is 10.2. The van der Waals surface area contributed by atoms with Crippen molar-refractivity contribution in [2.75, 3.05) is 7.05 Å². The van der Waals surface area contributed by atoms with E-state index >= 15 is 0 Å². The van der Waals surface area contributed by atoms with Crippen LogP contribution >= 0.6 is 0 Å². The van der Waals surface area contributed by atoms with Crippen LogP contribution in [0.5, 0.6) is 0 Å². The summed E-state index contributed by atoms with van der Waals surface area (Å²) in [5, 5.41) is 2.62. The summed E-state index contributed by atoms with van der Waals surface area (Å²) < 4.78 is 0. The van der Waals surface area contributed by atoms with Crippen molar-refractivity contribution in [1.29, 1.82) is 0 Å². The van der Waals surface area contributed by atoms with Crippen molar-refractivity contribution in [3.05, 3.63) is 169 Å². The Morgan fingerprint density at radius 1 is 0.791 bits per heavy atom. The zero-order valence-corrected chi connectivity index (χ0v) is 27.8. The van der Waals surface area contributed by atoms with E-state index in [-0.39, 0.29) is 5.41 Å². The molecular formula is C42H53N. The second kappa shape index (κ2) is 19.8. The van der Waals surface area contributed by atoms with Crippen LogP contribution in [0.1, 0.15) is 52.7 Å². The quantitative estimate of drug-likeness (QED) is 0.209. The predicted octanol–water partition coefficient (Wildman–Crippen LogP) is 11.8. The molecule has 0 radical (unpaired) electrons. The molecule has 43 heavy (non-hydrogen) atoms. The number of nitrogens with two attached hydrogens (primary N) is 1. The first-order valence-electron chi connectivity index (χ1n) is 15.3. The molecule has 1 nitrogen and oxygen atoms in total. The monoisotopic (exact) mass is 571 g/mol. The van der Waals surface area contributed by atoms with Gasteiger partial charge in [0, 0.05) is 5.41 Å². The van der Waals surface area contributed by atoms with Crippen LogP contribution in [0, 0.1) is 12.8 Å². The van der Waals surface area contributed by atoms with Gasteiger partial charge in [0.2, 0.25) is 0 Å². The van der Waals surface area contributed by atoms with Gasteiger partial charge in [-0.2, -0.15) is 0 Å². The van der Waals surface area contributed by atoms with Gasteiger partial charge in [0.25, 0.3) is 0 Å². The lowest BCUT2D eigenvalue weighted by molar-refractivity contribution is 0.443. The molecule has 2 N–H and O–H groups in total. The van der Waals surface area contributed by atoms with E-state index in [1.165, 1.54) is 51.2 Å². The third kappa shape index (κ3) is 10.2. The van der Waals surface area contributed by atoms with Crippen LogP contribution in [0.2, 0.25) is 0 Å². The van der Waals surface area contributed by atoms with Crippen LogP contribution < -0.4 is 5.73 Å².